The molecular weight excluding hydrogens is 252 g/mol. The van der Waals surface area contributed by atoms with Crippen LogP contribution in [0.25, 0.3) is 0 Å². The Morgan fingerprint density at radius 2 is 1.95 bits per heavy atom. The van der Waals surface area contributed by atoms with Gasteiger partial charge in [-0.3, -0.25) is 4.79 Å². The second-order valence-corrected chi connectivity index (χ2v) is 4.89. The molecule has 0 fully saturated rings. The summed E-state index contributed by atoms with van der Waals surface area (Å²) in [6.07, 6.45) is 3.23. The van der Waals surface area contributed by atoms with Crippen molar-refractivity contribution >= 4 is 5.91 Å². The van der Waals surface area contributed by atoms with Gasteiger partial charge in [0.25, 0.3) is 0 Å². The van der Waals surface area contributed by atoms with Crippen LogP contribution in [0.15, 0.2) is 30.3 Å². The summed E-state index contributed by atoms with van der Waals surface area (Å²) in [6, 6.07) is 10.1. The zero-order valence-electron chi connectivity index (χ0n) is 12.4. The molecule has 0 saturated carbocycles. The van der Waals surface area contributed by atoms with E-state index < -0.39 is 0 Å². The second kappa shape index (κ2) is 10.4. The summed E-state index contributed by atoms with van der Waals surface area (Å²) in [4.78, 5) is 14.2. The largest absolute Gasteiger partial charge is 0.385 e. The van der Waals surface area contributed by atoms with Crippen molar-refractivity contribution in [1.29, 1.82) is 0 Å². The molecule has 0 bridgehead atoms. The topological polar surface area (TPSA) is 55.6 Å². The first-order chi connectivity index (χ1) is 9.77. The maximum Gasteiger partial charge on any atom is 0.222 e. The van der Waals surface area contributed by atoms with Crippen molar-refractivity contribution in [3.05, 3.63) is 35.9 Å². The van der Waals surface area contributed by atoms with Gasteiger partial charge in [-0.2, -0.15) is 0 Å². The van der Waals surface area contributed by atoms with Crippen molar-refractivity contribution in [2.45, 2.75) is 32.2 Å². The first kappa shape index (κ1) is 16.7. The molecule has 0 heterocycles. The van der Waals surface area contributed by atoms with Crippen LogP contribution in [-0.2, 0) is 16.1 Å². The van der Waals surface area contributed by atoms with Gasteiger partial charge in [-0.25, -0.2) is 0 Å². The summed E-state index contributed by atoms with van der Waals surface area (Å²) < 4.78 is 5.00. The lowest BCUT2D eigenvalue weighted by Crippen LogP contribution is -2.32. The highest BCUT2D eigenvalue weighted by molar-refractivity contribution is 5.76. The van der Waals surface area contributed by atoms with Crippen LogP contribution in [0.5, 0.6) is 0 Å². The lowest BCUT2D eigenvalue weighted by atomic mass is 10.1. The number of methoxy groups -OCH3 is 1. The number of rotatable bonds is 10. The Kier molecular flexibility index (Phi) is 8.67. The van der Waals surface area contributed by atoms with E-state index in [9.17, 15) is 4.79 Å². The van der Waals surface area contributed by atoms with Crippen LogP contribution < -0.4 is 5.73 Å². The molecule has 1 rings (SSSR count). The molecule has 1 aromatic rings. The maximum absolute atomic E-state index is 12.3. The standard InChI is InChI=1S/C16H26N2O2/c1-20-13-6-5-10-16(19)18(12-7-11-17)14-15-8-3-2-4-9-15/h2-4,8-9H,5-7,10-14,17H2,1H3. The Labute approximate surface area is 121 Å². The maximum atomic E-state index is 12.3. The fraction of sp³-hybridized carbons (Fsp3) is 0.562. The molecule has 4 nitrogen and oxygen atoms in total. The van der Waals surface area contributed by atoms with Crippen molar-refractivity contribution in [1.82, 2.24) is 4.90 Å². The van der Waals surface area contributed by atoms with Gasteiger partial charge in [-0.05, 0) is 31.4 Å². The monoisotopic (exact) mass is 278 g/mol. The molecule has 4 heteroatoms. The van der Waals surface area contributed by atoms with E-state index in [-0.39, 0.29) is 5.91 Å². The third kappa shape index (κ3) is 6.68. The Hall–Kier alpha value is -1.39. The van der Waals surface area contributed by atoms with Gasteiger partial charge in [0.1, 0.15) is 0 Å². The Balaban J connectivity index is 2.47. The van der Waals surface area contributed by atoms with E-state index in [0.717, 1.165) is 38.0 Å². The molecule has 0 aromatic heterocycles. The van der Waals surface area contributed by atoms with Crippen LogP contribution in [0.1, 0.15) is 31.2 Å². The van der Waals surface area contributed by atoms with Crippen molar-refractivity contribution in [2.75, 3.05) is 26.8 Å². The summed E-state index contributed by atoms with van der Waals surface area (Å²) in [5, 5.41) is 0. The fourth-order valence-corrected chi connectivity index (χ4v) is 2.06. The molecule has 0 aliphatic heterocycles. The van der Waals surface area contributed by atoms with Gasteiger partial charge in [0.15, 0.2) is 0 Å². The molecule has 1 aromatic carbocycles. The van der Waals surface area contributed by atoms with Gasteiger partial charge in [0.05, 0.1) is 0 Å². The van der Waals surface area contributed by atoms with Crippen molar-refractivity contribution in [2.24, 2.45) is 5.73 Å². The first-order valence-corrected chi connectivity index (χ1v) is 7.28. The van der Waals surface area contributed by atoms with E-state index in [4.69, 9.17) is 10.5 Å². The van der Waals surface area contributed by atoms with Crippen LogP contribution in [-0.4, -0.2) is 37.6 Å². The number of nitrogens with zero attached hydrogens (tertiary/aromatic N) is 1. The van der Waals surface area contributed by atoms with E-state index in [1.165, 1.54) is 0 Å². The van der Waals surface area contributed by atoms with Gasteiger partial charge >= 0.3 is 0 Å². The molecule has 0 aliphatic rings. The number of amides is 1. The first-order valence-electron chi connectivity index (χ1n) is 7.28. The Morgan fingerprint density at radius 1 is 1.20 bits per heavy atom. The van der Waals surface area contributed by atoms with Crippen LogP contribution >= 0.6 is 0 Å². The summed E-state index contributed by atoms with van der Waals surface area (Å²) >= 11 is 0. The lowest BCUT2D eigenvalue weighted by Gasteiger charge is -2.22. The van der Waals surface area contributed by atoms with Crippen molar-refractivity contribution < 1.29 is 9.53 Å². The Morgan fingerprint density at radius 3 is 2.60 bits per heavy atom. The molecule has 0 radical (unpaired) electrons. The molecule has 2 N–H and O–H groups in total. The van der Waals surface area contributed by atoms with E-state index in [2.05, 4.69) is 0 Å². The van der Waals surface area contributed by atoms with Gasteiger partial charge in [0.2, 0.25) is 5.91 Å². The highest BCUT2D eigenvalue weighted by atomic mass is 16.5. The zero-order valence-corrected chi connectivity index (χ0v) is 12.4. The van der Waals surface area contributed by atoms with Gasteiger partial charge < -0.3 is 15.4 Å². The summed E-state index contributed by atoms with van der Waals surface area (Å²) in [5.41, 5.74) is 6.72. The molecule has 0 atom stereocenters. The number of nitrogens with two attached hydrogens (primary N) is 1. The zero-order chi connectivity index (χ0) is 14.6. The molecule has 20 heavy (non-hydrogen) atoms. The predicted octanol–water partition coefficient (Wildman–Crippen LogP) is 2.18. The van der Waals surface area contributed by atoms with Crippen molar-refractivity contribution in [3.8, 4) is 0 Å². The SMILES string of the molecule is COCCCCC(=O)N(CCCN)Cc1ccccc1. The number of hydrogen-bond donors (Lipinski definition) is 1. The third-order valence-electron chi connectivity index (χ3n) is 3.19. The van der Waals surface area contributed by atoms with Gasteiger partial charge in [0, 0.05) is 33.2 Å². The lowest BCUT2D eigenvalue weighted by molar-refractivity contribution is -0.132. The average molecular weight is 278 g/mol. The average Bonchev–Trinajstić information content (AvgIpc) is 2.48. The van der Waals surface area contributed by atoms with Crippen LogP contribution in [0, 0.1) is 0 Å². The fourth-order valence-electron chi connectivity index (χ4n) is 2.06. The van der Waals surface area contributed by atoms with Crippen molar-refractivity contribution in [3.63, 3.8) is 0 Å². The summed E-state index contributed by atoms with van der Waals surface area (Å²) in [7, 11) is 1.69. The summed E-state index contributed by atoms with van der Waals surface area (Å²) in [5.74, 6) is 0.207. The number of hydrogen-bond acceptors (Lipinski definition) is 3. The van der Waals surface area contributed by atoms with Crippen LogP contribution in [0.4, 0.5) is 0 Å². The number of unbranched alkanes of at least 4 members (excludes halogenated alkanes) is 1. The molecule has 0 aliphatic carbocycles. The predicted molar refractivity (Wildman–Crippen MR) is 81.3 cm³/mol. The molecule has 112 valence electrons. The molecule has 0 saturated heterocycles. The number of carbonyl (C=O) groups excluding carboxylic acids is 1. The number of ether oxygens (including phenoxy) is 1. The molecular formula is C16H26N2O2. The minimum atomic E-state index is 0.207. The minimum Gasteiger partial charge on any atom is -0.385 e. The van der Waals surface area contributed by atoms with E-state index >= 15 is 0 Å². The van der Waals surface area contributed by atoms with Gasteiger partial charge in [-0.1, -0.05) is 30.3 Å². The van der Waals surface area contributed by atoms with E-state index in [0.29, 0.717) is 19.5 Å². The molecule has 0 unspecified atom stereocenters. The second-order valence-electron chi connectivity index (χ2n) is 4.89. The van der Waals surface area contributed by atoms with E-state index in [1.807, 2.05) is 35.2 Å². The minimum absolute atomic E-state index is 0.207. The van der Waals surface area contributed by atoms with Crippen LogP contribution in [0.2, 0.25) is 0 Å². The number of benzene rings is 1. The molecule has 0 spiro atoms. The third-order valence-corrected chi connectivity index (χ3v) is 3.19. The van der Waals surface area contributed by atoms with Gasteiger partial charge in [-0.15, -0.1) is 0 Å². The highest BCUT2D eigenvalue weighted by Gasteiger charge is 2.13. The number of carbonyl (C=O) groups is 1. The van der Waals surface area contributed by atoms with E-state index in [1.54, 1.807) is 7.11 Å². The smallest absolute Gasteiger partial charge is 0.222 e. The van der Waals surface area contributed by atoms with Crippen LogP contribution in [0.3, 0.4) is 0 Å². The quantitative estimate of drug-likeness (QED) is 0.667. The Bertz CT molecular complexity index is 368. The normalized spacial score (nSPS) is 10.5. The summed E-state index contributed by atoms with van der Waals surface area (Å²) in [6.45, 7) is 2.73. The highest BCUT2D eigenvalue weighted by Crippen LogP contribution is 2.08. The molecule has 1 amide bonds.